The van der Waals surface area contributed by atoms with Crippen LogP contribution in [-0.4, -0.2) is 42.3 Å². The average Bonchev–Trinajstić information content (AvgIpc) is 2.78. The van der Waals surface area contributed by atoms with Gasteiger partial charge in [-0.2, -0.15) is 0 Å². The van der Waals surface area contributed by atoms with E-state index in [1.54, 1.807) is 0 Å². The van der Waals surface area contributed by atoms with E-state index < -0.39 is 11.5 Å². The third kappa shape index (κ3) is 3.76. The van der Waals surface area contributed by atoms with Crippen molar-refractivity contribution in [1.82, 2.24) is 0 Å². The van der Waals surface area contributed by atoms with Gasteiger partial charge in [0.15, 0.2) is 5.78 Å². The van der Waals surface area contributed by atoms with Gasteiger partial charge in [-0.25, -0.2) is 0 Å². The van der Waals surface area contributed by atoms with E-state index in [0.29, 0.717) is 49.9 Å². The molecule has 4 fully saturated rings. The minimum Gasteiger partial charge on any atom is -0.465 e. The predicted molar refractivity (Wildman–Crippen MR) is 123 cm³/mol. The fraction of sp³-hybridized carbons (Fsp3) is 0.926. The maximum absolute atomic E-state index is 13.5. The summed E-state index contributed by atoms with van der Waals surface area (Å²) in [5, 5.41) is 11.2. The Morgan fingerprint density at radius 3 is 2.47 bits per heavy atom. The molecule has 0 bridgehead atoms. The molecule has 0 heterocycles. The van der Waals surface area contributed by atoms with E-state index >= 15 is 0 Å². The first-order valence-corrected chi connectivity index (χ1v) is 13.3. The number of carbonyl (C=O) groups excluding carboxylic acids is 2. The predicted octanol–water partition coefficient (Wildman–Crippen LogP) is 4.94. The largest absolute Gasteiger partial charge is 0.465 e. The molecular weight excluding hydrogens is 404 g/mol. The smallest absolute Gasteiger partial charge is 0.316 e. The molecule has 4 rings (SSSR count). The number of fused-ring (bicyclic) bond motifs is 5. The molecule has 32 heavy (non-hydrogen) atoms. The zero-order valence-corrected chi connectivity index (χ0v) is 20.7. The highest BCUT2D eigenvalue weighted by Gasteiger charge is 2.62. The molecule has 4 saturated carbocycles. The number of ketones is 1. The van der Waals surface area contributed by atoms with Crippen molar-refractivity contribution >= 4 is 11.8 Å². The molecule has 5 nitrogen and oxygen atoms in total. The molecule has 0 saturated heterocycles. The number of rotatable bonds is 6. The van der Waals surface area contributed by atoms with Crippen LogP contribution in [0.25, 0.3) is 0 Å². The third-order valence-electron chi connectivity index (χ3n) is 10.4. The van der Waals surface area contributed by atoms with Crippen LogP contribution in [0.1, 0.15) is 91.9 Å². The second kappa shape index (κ2) is 9.02. The summed E-state index contributed by atoms with van der Waals surface area (Å²) in [4.78, 5) is 26.0. The topological polar surface area (TPSA) is 72.8 Å². The molecule has 0 radical (unpaired) electrons. The standard InChI is InChI=1S/C27H44O5/c1-5-27-15-14-26(30,17-31-6-2)16-18(27)8-9-19-21-11-10-20(24(29)32-7-3)23(28)25(21,4)13-12-22(19)27/h18-22,30H,5-17H2,1-4H3/t18-,19+,20?,21+,22+,25+,26-,27+/m1/s1. The van der Waals surface area contributed by atoms with Crippen molar-refractivity contribution in [1.29, 1.82) is 0 Å². The van der Waals surface area contributed by atoms with E-state index in [2.05, 4.69) is 13.8 Å². The summed E-state index contributed by atoms with van der Waals surface area (Å²) in [7, 11) is 0. The van der Waals surface area contributed by atoms with Gasteiger partial charge in [0.2, 0.25) is 0 Å². The van der Waals surface area contributed by atoms with Gasteiger partial charge in [-0.15, -0.1) is 0 Å². The van der Waals surface area contributed by atoms with Crippen LogP contribution in [0.4, 0.5) is 0 Å². The van der Waals surface area contributed by atoms with E-state index in [1.807, 2.05) is 13.8 Å². The Labute approximate surface area is 194 Å². The van der Waals surface area contributed by atoms with Crippen LogP contribution in [0.5, 0.6) is 0 Å². The average molecular weight is 449 g/mol. The normalized spacial score (nSPS) is 46.0. The van der Waals surface area contributed by atoms with Crippen LogP contribution in [0.2, 0.25) is 0 Å². The molecule has 8 atom stereocenters. The second-order valence-corrected chi connectivity index (χ2v) is 11.5. The van der Waals surface area contributed by atoms with E-state index in [9.17, 15) is 14.7 Å². The zero-order valence-electron chi connectivity index (χ0n) is 20.7. The summed E-state index contributed by atoms with van der Waals surface area (Å²) in [6.07, 6.45) is 9.79. The first-order valence-electron chi connectivity index (χ1n) is 13.3. The van der Waals surface area contributed by atoms with Crippen molar-refractivity contribution in [3.05, 3.63) is 0 Å². The van der Waals surface area contributed by atoms with Crippen molar-refractivity contribution in [3.8, 4) is 0 Å². The first kappa shape index (κ1) is 24.2. The minimum atomic E-state index is -0.678. The Morgan fingerprint density at radius 1 is 1.00 bits per heavy atom. The number of aliphatic hydroxyl groups is 1. The van der Waals surface area contributed by atoms with Crippen LogP contribution in [0, 0.1) is 40.4 Å². The van der Waals surface area contributed by atoms with Crippen LogP contribution >= 0.6 is 0 Å². The monoisotopic (exact) mass is 448 g/mol. The fourth-order valence-electron chi connectivity index (χ4n) is 8.76. The molecule has 0 aromatic heterocycles. The van der Waals surface area contributed by atoms with Gasteiger partial charge >= 0.3 is 5.97 Å². The molecule has 1 unspecified atom stereocenters. The molecular formula is C27H44O5. The summed E-state index contributed by atoms with van der Waals surface area (Å²) >= 11 is 0. The lowest BCUT2D eigenvalue weighted by Gasteiger charge is -2.64. The number of hydrogen-bond donors (Lipinski definition) is 1. The number of carbonyl (C=O) groups is 2. The summed E-state index contributed by atoms with van der Waals surface area (Å²) in [5.41, 5.74) is -0.782. The minimum absolute atomic E-state index is 0.146. The molecule has 182 valence electrons. The fourth-order valence-corrected chi connectivity index (χ4v) is 8.76. The Balaban J connectivity index is 1.55. The summed E-state index contributed by atoms with van der Waals surface area (Å²) in [5.74, 6) is 1.40. The van der Waals surface area contributed by atoms with Crippen LogP contribution in [0.15, 0.2) is 0 Å². The van der Waals surface area contributed by atoms with Crippen molar-refractivity contribution < 1.29 is 24.2 Å². The quantitative estimate of drug-likeness (QED) is 0.460. The number of esters is 1. The van der Waals surface area contributed by atoms with Gasteiger partial charge in [0.1, 0.15) is 5.92 Å². The summed E-state index contributed by atoms with van der Waals surface area (Å²) in [6.45, 7) is 9.74. The molecule has 0 aromatic rings. The first-order chi connectivity index (χ1) is 15.2. The van der Waals surface area contributed by atoms with Gasteiger partial charge in [-0.1, -0.05) is 13.8 Å². The van der Waals surface area contributed by atoms with Gasteiger partial charge in [-0.05, 0) is 107 Å². The van der Waals surface area contributed by atoms with E-state index in [-0.39, 0.29) is 22.6 Å². The van der Waals surface area contributed by atoms with Gasteiger partial charge in [-0.3, -0.25) is 9.59 Å². The summed E-state index contributed by atoms with van der Waals surface area (Å²) in [6, 6.07) is 0. The molecule has 0 amide bonds. The highest BCUT2D eigenvalue weighted by molar-refractivity contribution is 6.02. The molecule has 0 aromatic carbocycles. The lowest BCUT2D eigenvalue weighted by Crippen LogP contribution is -2.60. The lowest BCUT2D eigenvalue weighted by molar-refractivity contribution is -0.185. The van der Waals surface area contributed by atoms with Gasteiger partial charge in [0.05, 0.1) is 18.8 Å². The van der Waals surface area contributed by atoms with Crippen molar-refractivity contribution in [3.63, 3.8) is 0 Å². The zero-order chi connectivity index (χ0) is 23.1. The van der Waals surface area contributed by atoms with Crippen LogP contribution in [0.3, 0.4) is 0 Å². The Kier molecular flexibility index (Phi) is 6.82. The Morgan fingerprint density at radius 2 is 1.78 bits per heavy atom. The van der Waals surface area contributed by atoms with Crippen molar-refractivity contribution in [2.45, 2.75) is 97.5 Å². The van der Waals surface area contributed by atoms with Crippen LogP contribution < -0.4 is 0 Å². The van der Waals surface area contributed by atoms with E-state index in [4.69, 9.17) is 9.47 Å². The molecule has 4 aliphatic carbocycles. The lowest BCUT2D eigenvalue weighted by atomic mass is 9.41. The maximum atomic E-state index is 13.5. The SMILES string of the molecule is CCOC[C@@]1(O)CC[C@@]2(CC)[C@H](CC[C@@H]3[C@@H]2CC[C@]2(C)C(=O)C(C(=O)OCC)CC[C@@H]32)C1. The van der Waals surface area contributed by atoms with Crippen LogP contribution in [-0.2, 0) is 19.1 Å². The van der Waals surface area contributed by atoms with E-state index in [1.165, 1.54) is 0 Å². The molecule has 5 heteroatoms. The van der Waals surface area contributed by atoms with E-state index in [0.717, 1.165) is 57.8 Å². The van der Waals surface area contributed by atoms with Gasteiger partial charge < -0.3 is 14.6 Å². The Hall–Kier alpha value is -0.940. The molecule has 0 aliphatic heterocycles. The maximum Gasteiger partial charge on any atom is 0.316 e. The highest BCUT2D eigenvalue weighted by Crippen LogP contribution is 2.67. The molecule has 4 aliphatic rings. The number of hydrogen-bond acceptors (Lipinski definition) is 5. The molecule has 0 spiro atoms. The van der Waals surface area contributed by atoms with Crippen molar-refractivity contribution in [2.75, 3.05) is 19.8 Å². The van der Waals surface area contributed by atoms with Gasteiger partial charge in [0, 0.05) is 12.0 Å². The van der Waals surface area contributed by atoms with Gasteiger partial charge in [0.25, 0.3) is 0 Å². The molecule has 1 N–H and O–H groups in total. The van der Waals surface area contributed by atoms with Crippen molar-refractivity contribution in [2.24, 2.45) is 40.4 Å². The Bertz CT molecular complexity index is 721. The number of ether oxygens (including phenoxy) is 2. The second-order valence-electron chi connectivity index (χ2n) is 11.5. The third-order valence-corrected chi connectivity index (χ3v) is 10.4. The number of Topliss-reactive ketones (excluding diaryl/α,β-unsaturated/α-hetero) is 1. The summed E-state index contributed by atoms with van der Waals surface area (Å²) < 4.78 is 10.9. The highest BCUT2D eigenvalue weighted by atomic mass is 16.5.